The summed E-state index contributed by atoms with van der Waals surface area (Å²) in [5.74, 6) is -0.0834. The van der Waals surface area contributed by atoms with Crippen molar-refractivity contribution in [2.45, 2.75) is 39.7 Å². The number of piperazine rings is 1. The fourth-order valence-electron chi connectivity index (χ4n) is 4.48. The lowest BCUT2D eigenvalue weighted by atomic mass is 9.82. The van der Waals surface area contributed by atoms with Crippen LogP contribution in [0, 0.1) is 17.2 Å². The van der Waals surface area contributed by atoms with Gasteiger partial charge in [-0.3, -0.25) is 15.0 Å². The second-order valence-corrected chi connectivity index (χ2v) is 9.31. The largest absolute Gasteiger partial charge is 0.481 e. The molecule has 1 saturated heterocycles. The first kappa shape index (κ1) is 25.7. The normalized spacial score (nSPS) is 17.7. The van der Waals surface area contributed by atoms with Crippen LogP contribution in [0.4, 0.5) is 0 Å². The predicted molar refractivity (Wildman–Crippen MR) is 134 cm³/mol. The summed E-state index contributed by atoms with van der Waals surface area (Å²) in [6.07, 6.45) is 1.62. The monoisotopic (exact) mass is 484 g/mol. The van der Waals surface area contributed by atoms with E-state index in [2.05, 4.69) is 11.9 Å². The molecule has 2 heterocycles. The maximum atomic E-state index is 13.3. The van der Waals surface area contributed by atoms with Gasteiger partial charge >= 0.3 is 0 Å². The van der Waals surface area contributed by atoms with E-state index in [9.17, 15) is 9.59 Å². The number of hydrogen-bond acceptors (Lipinski definition) is 5. The molecule has 3 unspecified atom stereocenters. The molecule has 1 aromatic heterocycles. The number of nitrogens with one attached hydrogen (secondary N) is 1. The van der Waals surface area contributed by atoms with Gasteiger partial charge in [0.1, 0.15) is 5.69 Å². The lowest BCUT2D eigenvalue weighted by Crippen LogP contribution is -2.57. The number of benzene rings is 1. The Hall–Kier alpha value is -2.93. The van der Waals surface area contributed by atoms with E-state index in [0.717, 1.165) is 18.4 Å². The van der Waals surface area contributed by atoms with Crippen LogP contribution in [-0.4, -0.2) is 65.1 Å². The zero-order valence-corrected chi connectivity index (χ0v) is 21.0. The molecule has 34 heavy (non-hydrogen) atoms. The number of nitrogens with zero attached hydrogens (tertiary/aromatic N) is 3. The van der Waals surface area contributed by atoms with Crippen molar-refractivity contribution in [3.05, 3.63) is 58.7 Å². The van der Waals surface area contributed by atoms with Gasteiger partial charge in [-0.1, -0.05) is 50.1 Å². The number of aromatic nitrogens is 1. The first-order valence-electron chi connectivity index (χ1n) is 11.7. The molecule has 3 rings (SSSR count). The molecule has 2 amide bonds. The van der Waals surface area contributed by atoms with E-state index < -0.39 is 0 Å². The second-order valence-electron chi connectivity index (χ2n) is 8.87. The van der Waals surface area contributed by atoms with Crippen LogP contribution >= 0.6 is 11.6 Å². The summed E-state index contributed by atoms with van der Waals surface area (Å²) in [4.78, 5) is 33.8. The molecule has 0 bridgehead atoms. The number of hydrogen-bond donors (Lipinski definition) is 1. The van der Waals surface area contributed by atoms with Gasteiger partial charge in [0, 0.05) is 42.7 Å². The van der Waals surface area contributed by atoms with Crippen LogP contribution in [0.5, 0.6) is 5.88 Å². The summed E-state index contributed by atoms with van der Waals surface area (Å²) < 4.78 is 5.12. The summed E-state index contributed by atoms with van der Waals surface area (Å²) in [7, 11) is 1.51. The van der Waals surface area contributed by atoms with Crippen molar-refractivity contribution >= 4 is 29.1 Å². The highest BCUT2D eigenvalue weighted by Gasteiger charge is 2.34. The topological polar surface area (TPSA) is 86.6 Å². The Kier molecular flexibility index (Phi) is 8.67. The average molecular weight is 485 g/mol. The molecule has 8 heteroatoms. The fraction of sp³-hybridized carbons (Fsp3) is 0.462. The third kappa shape index (κ3) is 5.95. The molecule has 182 valence electrons. The quantitative estimate of drug-likeness (QED) is 0.564. The Morgan fingerprint density at radius 3 is 2.62 bits per heavy atom. The van der Waals surface area contributed by atoms with Gasteiger partial charge < -0.3 is 14.5 Å². The molecular weight excluding hydrogens is 452 g/mol. The number of rotatable bonds is 8. The van der Waals surface area contributed by atoms with E-state index >= 15 is 0 Å². The highest BCUT2D eigenvalue weighted by Crippen LogP contribution is 2.25. The van der Waals surface area contributed by atoms with Crippen LogP contribution in [0.2, 0.25) is 5.02 Å². The van der Waals surface area contributed by atoms with Crippen LogP contribution in [0.1, 0.15) is 43.2 Å². The van der Waals surface area contributed by atoms with Crippen LogP contribution in [0.3, 0.4) is 0 Å². The number of carbonyl (C=O) groups excluding carboxylic acids is 2. The minimum atomic E-state index is -0.254. The van der Waals surface area contributed by atoms with Crippen molar-refractivity contribution in [1.82, 2.24) is 14.8 Å². The van der Waals surface area contributed by atoms with Gasteiger partial charge in [0.25, 0.3) is 11.8 Å². The first-order chi connectivity index (χ1) is 16.2. The maximum absolute atomic E-state index is 13.3. The van der Waals surface area contributed by atoms with Gasteiger partial charge in [-0.15, -0.1) is 0 Å². The Bertz CT molecular complexity index is 1040. The molecule has 1 N–H and O–H groups in total. The zero-order chi connectivity index (χ0) is 24.8. The number of carbonyl (C=O) groups is 2. The lowest BCUT2D eigenvalue weighted by Gasteiger charge is -2.40. The Labute approximate surface area is 206 Å². The van der Waals surface area contributed by atoms with Crippen molar-refractivity contribution in [3.8, 4) is 5.88 Å². The standard InChI is InChI=1S/C26H33ClN4O3/c1-5-20(14-19-8-6-9-21(27)15-19)18(3)24(28)26(33)31-13-12-30(16-17(31)2)25(32)22-10-7-11-23(29-22)34-4/h6-11,15,17-18,20,28H,5,12-14,16H2,1-4H3. The lowest BCUT2D eigenvalue weighted by molar-refractivity contribution is -0.128. The van der Waals surface area contributed by atoms with E-state index in [1.165, 1.54) is 7.11 Å². The summed E-state index contributed by atoms with van der Waals surface area (Å²) in [5.41, 5.74) is 1.55. The maximum Gasteiger partial charge on any atom is 0.272 e. The van der Waals surface area contributed by atoms with Crippen molar-refractivity contribution in [1.29, 1.82) is 5.41 Å². The zero-order valence-electron chi connectivity index (χ0n) is 20.3. The van der Waals surface area contributed by atoms with Crippen molar-refractivity contribution in [2.75, 3.05) is 26.7 Å². The Balaban J connectivity index is 1.63. The number of ether oxygens (including phenoxy) is 1. The molecule has 0 aliphatic carbocycles. The molecule has 1 aliphatic heterocycles. The molecule has 1 fully saturated rings. The van der Waals surface area contributed by atoms with Gasteiger partial charge in [-0.05, 0) is 43.0 Å². The van der Waals surface area contributed by atoms with E-state index in [1.54, 1.807) is 28.0 Å². The van der Waals surface area contributed by atoms with Crippen LogP contribution in [-0.2, 0) is 11.2 Å². The van der Waals surface area contributed by atoms with Crippen molar-refractivity contribution in [2.24, 2.45) is 11.8 Å². The Morgan fingerprint density at radius 1 is 1.24 bits per heavy atom. The fourth-order valence-corrected chi connectivity index (χ4v) is 4.69. The van der Waals surface area contributed by atoms with Crippen LogP contribution in [0.25, 0.3) is 0 Å². The number of methoxy groups -OCH3 is 1. The SMILES string of the molecule is CCC(Cc1cccc(Cl)c1)C(C)C(=N)C(=O)N1CCN(C(=O)c2cccc(OC)n2)CC1C. The Morgan fingerprint density at radius 2 is 1.97 bits per heavy atom. The molecule has 2 aromatic rings. The van der Waals surface area contributed by atoms with Gasteiger partial charge in [0.15, 0.2) is 0 Å². The molecule has 0 spiro atoms. The predicted octanol–water partition coefficient (Wildman–Crippen LogP) is 4.34. The molecule has 7 nitrogen and oxygen atoms in total. The second kappa shape index (κ2) is 11.5. The van der Waals surface area contributed by atoms with Gasteiger partial charge in [-0.25, -0.2) is 4.98 Å². The van der Waals surface area contributed by atoms with Gasteiger partial charge in [-0.2, -0.15) is 0 Å². The van der Waals surface area contributed by atoms with Crippen molar-refractivity contribution < 1.29 is 14.3 Å². The number of pyridine rings is 1. The molecular formula is C26H33ClN4O3. The average Bonchev–Trinajstić information content (AvgIpc) is 2.85. The highest BCUT2D eigenvalue weighted by molar-refractivity contribution is 6.38. The van der Waals surface area contributed by atoms with E-state index in [4.69, 9.17) is 21.7 Å². The van der Waals surface area contributed by atoms with E-state index in [-0.39, 0.29) is 35.4 Å². The molecule has 0 saturated carbocycles. The van der Waals surface area contributed by atoms with Gasteiger partial charge in [0.05, 0.1) is 12.8 Å². The third-order valence-corrected chi connectivity index (χ3v) is 6.87. The smallest absolute Gasteiger partial charge is 0.272 e. The number of amides is 2. The molecule has 0 radical (unpaired) electrons. The van der Waals surface area contributed by atoms with Crippen LogP contribution < -0.4 is 4.74 Å². The van der Waals surface area contributed by atoms with Crippen molar-refractivity contribution in [3.63, 3.8) is 0 Å². The minimum absolute atomic E-state index is 0.120. The number of halogens is 1. The summed E-state index contributed by atoms with van der Waals surface area (Å²) in [5, 5.41) is 9.35. The minimum Gasteiger partial charge on any atom is -0.481 e. The first-order valence-corrected chi connectivity index (χ1v) is 12.1. The third-order valence-electron chi connectivity index (χ3n) is 6.63. The molecule has 1 aliphatic rings. The van der Waals surface area contributed by atoms with Crippen LogP contribution in [0.15, 0.2) is 42.5 Å². The summed E-state index contributed by atoms with van der Waals surface area (Å²) >= 11 is 6.13. The molecule has 1 aromatic carbocycles. The highest BCUT2D eigenvalue weighted by atomic mass is 35.5. The summed E-state index contributed by atoms with van der Waals surface area (Å²) in [6.45, 7) is 7.13. The molecule has 3 atom stereocenters. The van der Waals surface area contributed by atoms with Gasteiger partial charge in [0.2, 0.25) is 5.88 Å². The van der Waals surface area contributed by atoms with E-state index in [1.807, 2.05) is 38.1 Å². The van der Waals surface area contributed by atoms with E-state index in [0.29, 0.717) is 36.2 Å². The summed E-state index contributed by atoms with van der Waals surface area (Å²) in [6, 6.07) is 12.6.